The van der Waals surface area contributed by atoms with Gasteiger partial charge in [-0.15, -0.1) is 0 Å². The molecule has 1 aliphatic carbocycles. The van der Waals surface area contributed by atoms with Gasteiger partial charge in [0.1, 0.15) is 0 Å². The molecule has 72 heavy (non-hydrogen) atoms. The van der Waals surface area contributed by atoms with Crippen LogP contribution in [0.25, 0.3) is 22.3 Å². The summed E-state index contributed by atoms with van der Waals surface area (Å²) in [7, 11) is 0. The average Bonchev–Trinajstić information content (AvgIpc) is 3.47. The molecule has 0 unspecified atom stereocenters. The molecule has 2 nitrogen and oxygen atoms in total. The van der Waals surface area contributed by atoms with Gasteiger partial charge in [0.15, 0.2) is 0 Å². The number of hydrogen-bond acceptors (Lipinski definition) is 2. The Morgan fingerprint density at radius 1 is 0.347 bits per heavy atom. The molecule has 0 N–H and O–H groups in total. The predicted molar refractivity (Wildman–Crippen MR) is 316 cm³/mol. The van der Waals surface area contributed by atoms with Crippen molar-refractivity contribution in [3.8, 4) is 22.3 Å². The molecule has 0 spiro atoms. The van der Waals surface area contributed by atoms with Gasteiger partial charge < -0.3 is 9.80 Å². The molecule has 3 heteroatoms. The molecule has 0 radical (unpaired) electrons. The smallest absolute Gasteiger partial charge is 0.252 e. The van der Waals surface area contributed by atoms with Crippen molar-refractivity contribution in [3.63, 3.8) is 0 Å². The third-order valence-corrected chi connectivity index (χ3v) is 16.7. The van der Waals surface area contributed by atoms with E-state index in [9.17, 15) is 0 Å². The van der Waals surface area contributed by atoms with E-state index in [0.29, 0.717) is 0 Å². The summed E-state index contributed by atoms with van der Waals surface area (Å²) in [5, 5.41) is 0. The zero-order valence-electron chi connectivity index (χ0n) is 47.4. The molecule has 0 fully saturated rings. The maximum Gasteiger partial charge on any atom is 0.252 e. The predicted octanol–water partition coefficient (Wildman–Crippen LogP) is 17.5. The molecule has 0 atom stereocenters. The molecule has 0 saturated carbocycles. The first kappa shape index (κ1) is 49.8. The fourth-order valence-electron chi connectivity index (χ4n) is 12.4. The second kappa shape index (κ2) is 16.4. The Hall–Kier alpha value is -5.80. The van der Waals surface area contributed by atoms with Crippen molar-refractivity contribution in [2.45, 2.75) is 176 Å². The first-order valence-electron chi connectivity index (χ1n) is 26.9. The number of anilines is 6. The summed E-state index contributed by atoms with van der Waals surface area (Å²) in [4.78, 5) is 5.32. The molecule has 3 aliphatic rings. The van der Waals surface area contributed by atoms with E-state index >= 15 is 0 Å². The average molecular weight is 949 g/mol. The molecular weight excluding hydrogens is 868 g/mol. The molecule has 0 saturated heterocycles. The van der Waals surface area contributed by atoms with Crippen molar-refractivity contribution in [2.75, 3.05) is 9.80 Å². The number of rotatable bonds is 4. The summed E-state index contributed by atoms with van der Waals surface area (Å²) in [5.74, 6) is 0. The van der Waals surface area contributed by atoms with E-state index in [1.54, 1.807) is 0 Å². The lowest BCUT2D eigenvalue weighted by molar-refractivity contribution is 0.403. The molecule has 10 rings (SSSR count). The van der Waals surface area contributed by atoms with Crippen LogP contribution in [0.15, 0.2) is 133 Å². The van der Waals surface area contributed by atoms with Crippen LogP contribution in [0.4, 0.5) is 34.1 Å². The summed E-state index contributed by atoms with van der Waals surface area (Å²) in [5.41, 5.74) is 26.3. The summed E-state index contributed by atoms with van der Waals surface area (Å²) in [6, 6.07) is 53.2. The van der Waals surface area contributed by atoms with Gasteiger partial charge in [0.2, 0.25) is 0 Å². The van der Waals surface area contributed by atoms with Gasteiger partial charge in [-0.3, -0.25) is 0 Å². The molecule has 0 aromatic heterocycles. The third kappa shape index (κ3) is 8.45. The van der Waals surface area contributed by atoms with Crippen molar-refractivity contribution in [3.05, 3.63) is 172 Å². The highest BCUT2D eigenvalue weighted by Crippen LogP contribution is 2.54. The maximum absolute atomic E-state index is 2.71. The van der Waals surface area contributed by atoms with Crippen LogP contribution in [0, 0.1) is 0 Å². The molecule has 0 bridgehead atoms. The normalized spacial score (nSPS) is 16.1. The monoisotopic (exact) mass is 949 g/mol. The highest BCUT2D eigenvalue weighted by atomic mass is 15.2. The van der Waals surface area contributed by atoms with Crippen molar-refractivity contribution in [1.82, 2.24) is 0 Å². The summed E-state index contributed by atoms with van der Waals surface area (Å²) in [6.07, 6.45) is 1.11. The lowest BCUT2D eigenvalue weighted by atomic mass is 9.33. The Balaban J connectivity index is 1.30. The van der Waals surface area contributed by atoms with Crippen LogP contribution in [0.1, 0.15) is 177 Å². The lowest BCUT2D eigenvalue weighted by Gasteiger charge is -2.46. The van der Waals surface area contributed by atoms with Crippen LogP contribution < -0.4 is 26.2 Å². The van der Waals surface area contributed by atoms with E-state index in [-0.39, 0.29) is 44.6 Å². The van der Waals surface area contributed by atoms with Gasteiger partial charge in [-0.1, -0.05) is 216 Å². The second-order valence-electron chi connectivity index (χ2n) is 28.4. The van der Waals surface area contributed by atoms with E-state index in [0.717, 1.165) is 6.42 Å². The summed E-state index contributed by atoms with van der Waals surface area (Å²) in [6.45, 7) is 45.0. The highest BCUT2D eigenvalue weighted by Gasteiger charge is 2.49. The highest BCUT2D eigenvalue weighted by molar-refractivity contribution is 7.00. The Labute approximate surface area is 435 Å². The van der Waals surface area contributed by atoms with E-state index in [4.69, 9.17) is 0 Å². The van der Waals surface area contributed by atoms with E-state index in [1.807, 2.05) is 0 Å². The van der Waals surface area contributed by atoms with E-state index in [2.05, 4.69) is 275 Å². The molecule has 7 aromatic carbocycles. The SMILES string of the molecule is CC(C)(C)c1ccc(-c2ccc(-c3cc(C(C)(C)C)ccc3N3c4cc5c(cc4B4c6cc(C(C)(C)C)ccc6N(c6ccc(C(C)(C)C)cc6)c6cc(C(C)(C)C)cc3c64)C(C)(C)CC5(C)C)cc2)cc1. The fourth-order valence-corrected chi connectivity index (χ4v) is 12.4. The fraction of sp³-hybridized carbons (Fsp3) is 0.391. The Morgan fingerprint density at radius 2 is 0.750 bits per heavy atom. The summed E-state index contributed by atoms with van der Waals surface area (Å²) < 4.78 is 0. The number of nitrogens with zero attached hydrogens (tertiary/aromatic N) is 2. The number of benzene rings is 7. The van der Waals surface area contributed by atoms with Crippen molar-refractivity contribution in [2.24, 2.45) is 0 Å². The molecule has 2 heterocycles. The first-order chi connectivity index (χ1) is 33.3. The Kier molecular flexibility index (Phi) is 11.3. The van der Waals surface area contributed by atoms with Crippen molar-refractivity contribution < 1.29 is 0 Å². The van der Waals surface area contributed by atoms with Crippen LogP contribution in [0.2, 0.25) is 0 Å². The van der Waals surface area contributed by atoms with Crippen LogP contribution in [0.5, 0.6) is 0 Å². The van der Waals surface area contributed by atoms with Gasteiger partial charge in [-0.25, -0.2) is 0 Å². The minimum Gasteiger partial charge on any atom is -0.311 e. The van der Waals surface area contributed by atoms with Crippen LogP contribution in [-0.4, -0.2) is 6.71 Å². The zero-order chi connectivity index (χ0) is 52.0. The lowest BCUT2D eigenvalue weighted by Crippen LogP contribution is -2.62. The van der Waals surface area contributed by atoms with E-state index < -0.39 is 0 Å². The number of fused-ring (bicyclic) bond motifs is 5. The van der Waals surface area contributed by atoms with E-state index in [1.165, 1.54) is 112 Å². The second-order valence-corrected chi connectivity index (χ2v) is 28.4. The van der Waals surface area contributed by atoms with Gasteiger partial charge >= 0.3 is 0 Å². The number of hydrogen-bond donors (Lipinski definition) is 0. The summed E-state index contributed by atoms with van der Waals surface area (Å²) >= 11 is 0. The van der Waals surface area contributed by atoms with Crippen LogP contribution in [-0.2, 0) is 37.9 Å². The largest absolute Gasteiger partial charge is 0.311 e. The van der Waals surface area contributed by atoms with Gasteiger partial charge in [-0.05, 0) is 165 Å². The molecule has 0 amide bonds. The molecule has 7 aromatic rings. The van der Waals surface area contributed by atoms with Gasteiger partial charge in [0.05, 0.1) is 5.69 Å². The third-order valence-electron chi connectivity index (χ3n) is 16.7. The minimum atomic E-state index is -0.130. The van der Waals surface area contributed by atoms with Crippen LogP contribution in [0.3, 0.4) is 0 Å². The topological polar surface area (TPSA) is 6.48 Å². The zero-order valence-corrected chi connectivity index (χ0v) is 47.4. The van der Waals surface area contributed by atoms with Crippen LogP contribution >= 0.6 is 0 Å². The van der Waals surface area contributed by atoms with Crippen molar-refractivity contribution in [1.29, 1.82) is 0 Å². The van der Waals surface area contributed by atoms with Gasteiger partial charge in [0, 0.05) is 34.0 Å². The standard InChI is InChI=1S/C69H81BN2/c1-63(2,3)46-26-24-44(25-27-46)43-20-22-45(23-21-43)52-36-48(65(7,8)9)30-34-57(52)72-59-41-54-53(68(16,17)42-69(54,18)19)40-56(59)70-55-37-49(66(10,11)12)31-35-58(55)71(51-32-28-47(29-33-51)64(4,5)6)60-38-50(67(13,14)15)39-61(72)62(60)70/h20-41H,42H2,1-19H3. The van der Waals surface area contributed by atoms with Crippen molar-refractivity contribution >= 4 is 57.2 Å². The molecule has 370 valence electrons. The Bertz CT molecular complexity index is 3260. The maximum atomic E-state index is 2.71. The van der Waals surface area contributed by atoms with Gasteiger partial charge in [-0.2, -0.15) is 0 Å². The van der Waals surface area contributed by atoms with Gasteiger partial charge in [0.25, 0.3) is 6.71 Å². The minimum absolute atomic E-state index is 0.0119. The molecule has 2 aliphatic heterocycles. The Morgan fingerprint density at radius 3 is 1.26 bits per heavy atom. The first-order valence-corrected chi connectivity index (χ1v) is 26.9. The quantitative estimate of drug-likeness (QED) is 0.162. The molecular formula is C69H81BN2.